The fraction of sp³-hybridized carbons (Fsp3) is 0.500. The summed E-state index contributed by atoms with van der Waals surface area (Å²) in [6.45, 7) is 0.457. The molecule has 4 N–H and O–H groups in total. The van der Waals surface area contributed by atoms with Gasteiger partial charge in [-0.05, 0) is 24.3 Å². The third-order valence-electron chi connectivity index (χ3n) is 2.06. The first kappa shape index (κ1) is 14.2. The molecule has 1 aromatic carbocycles. The molecule has 0 aliphatic rings. The molecular formula is C12H19NO3S. The monoisotopic (exact) mass is 257 g/mol. The molecule has 96 valence electrons. The Morgan fingerprint density at radius 2 is 2.24 bits per heavy atom. The van der Waals surface area contributed by atoms with Crippen LogP contribution in [0.3, 0.4) is 0 Å². The number of nitrogens with two attached hydrogens (primary N) is 1. The van der Waals surface area contributed by atoms with E-state index >= 15 is 0 Å². The first-order chi connectivity index (χ1) is 8.22. The summed E-state index contributed by atoms with van der Waals surface area (Å²) in [7, 11) is 0. The van der Waals surface area contributed by atoms with Crippen molar-refractivity contribution in [2.45, 2.75) is 12.5 Å². The minimum atomic E-state index is -0.500. The van der Waals surface area contributed by atoms with E-state index in [1.165, 1.54) is 0 Å². The zero-order chi connectivity index (χ0) is 12.5. The molecule has 1 aromatic rings. The van der Waals surface area contributed by atoms with Gasteiger partial charge in [-0.3, -0.25) is 0 Å². The summed E-state index contributed by atoms with van der Waals surface area (Å²) >= 11 is 1.61. The number of nitrogen functional groups attached to an aromatic ring is 1. The maximum atomic E-state index is 9.64. The number of anilines is 1. The first-order valence-electron chi connectivity index (χ1n) is 5.57. The number of hydrogen-bond donors (Lipinski definition) is 3. The molecule has 0 aliphatic heterocycles. The molecular weight excluding hydrogens is 238 g/mol. The molecule has 0 amide bonds. The van der Waals surface area contributed by atoms with E-state index in [9.17, 15) is 5.11 Å². The van der Waals surface area contributed by atoms with E-state index in [0.29, 0.717) is 17.2 Å². The van der Waals surface area contributed by atoms with Crippen molar-refractivity contribution in [2.24, 2.45) is 0 Å². The zero-order valence-corrected chi connectivity index (χ0v) is 10.5. The molecule has 1 atom stereocenters. The van der Waals surface area contributed by atoms with E-state index < -0.39 is 6.10 Å². The smallest absolute Gasteiger partial charge is 0.121 e. The lowest BCUT2D eigenvalue weighted by molar-refractivity contribution is 0.126. The maximum absolute atomic E-state index is 9.64. The largest absolute Gasteiger partial charge is 0.491 e. The van der Waals surface area contributed by atoms with Crippen molar-refractivity contribution in [1.82, 2.24) is 0 Å². The van der Waals surface area contributed by atoms with Crippen LogP contribution in [0.15, 0.2) is 24.3 Å². The standard InChI is InChI=1S/C12H19NO3S/c13-10-3-1-4-12(7-10)16-8-11(15)9-17-6-2-5-14/h1,3-4,7,11,14-15H,2,5-6,8-9,13H2. The van der Waals surface area contributed by atoms with Crippen molar-refractivity contribution in [2.75, 3.05) is 30.5 Å². The molecule has 0 heterocycles. The van der Waals surface area contributed by atoms with Crippen LogP contribution < -0.4 is 10.5 Å². The molecule has 0 radical (unpaired) electrons. The molecule has 4 nitrogen and oxygen atoms in total. The summed E-state index contributed by atoms with van der Waals surface area (Å²) in [6.07, 6.45) is 0.258. The van der Waals surface area contributed by atoms with Gasteiger partial charge < -0.3 is 20.7 Å². The van der Waals surface area contributed by atoms with Gasteiger partial charge in [-0.25, -0.2) is 0 Å². The van der Waals surface area contributed by atoms with E-state index in [1.54, 1.807) is 23.9 Å². The van der Waals surface area contributed by atoms with E-state index in [4.69, 9.17) is 15.6 Å². The second-order valence-corrected chi connectivity index (χ2v) is 4.84. The van der Waals surface area contributed by atoms with Crippen LogP contribution in [0.4, 0.5) is 5.69 Å². The third-order valence-corrected chi connectivity index (χ3v) is 3.26. The fourth-order valence-electron chi connectivity index (χ4n) is 1.23. The van der Waals surface area contributed by atoms with Gasteiger partial charge in [0.05, 0.1) is 6.10 Å². The lowest BCUT2D eigenvalue weighted by atomic mass is 10.3. The quantitative estimate of drug-likeness (QED) is 0.481. The van der Waals surface area contributed by atoms with Gasteiger partial charge in [0.2, 0.25) is 0 Å². The minimum Gasteiger partial charge on any atom is -0.491 e. The Morgan fingerprint density at radius 3 is 2.94 bits per heavy atom. The summed E-state index contributed by atoms with van der Waals surface area (Å²) in [6, 6.07) is 7.13. The molecule has 0 saturated carbocycles. The van der Waals surface area contributed by atoms with E-state index in [0.717, 1.165) is 12.2 Å². The number of thioether (sulfide) groups is 1. The average Bonchev–Trinajstić information content (AvgIpc) is 2.32. The van der Waals surface area contributed by atoms with Gasteiger partial charge >= 0.3 is 0 Å². The molecule has 1 rings (SSSR count). The Hall–Kier alpha value is -0.910. The van der Waals surface area contributed by atoms with Crippen molar-refractivity contribution >= 4 is 17.4 Å². The number of hydrogen-bond acceptors (Lipinski definition) is 5. The van der Waals surface area contributed by atoms with Crippen LogP contribution in [0.5, 0.6) is 5.75 Å². The zero-order valence-electron chi connectivity index (χ0n) is 9.71. The average molecular weight is 257 g/mol. The number of aliphatic hydroxyl groups is 2. The van der Waals surface area contributed by atoms with Gasteiger partial charge in [0.15, 0.2) is 0 Å². The van der Waals surface area contributed by atoms with Crippen molar-refractivity contribution < 1.29 is 14.9 Å². The lowest BCUT2D eigenvalue weighted by Gasteiger charge is -2.12. The van der Waals surface area contributed by atoms with E-state index in [1.807, 2.05) is 12.1 Å². The van der Waals surface area contributed by atoms with Crippen molar-refractivity contribution in [1.29, 1.82) is 0 Å². The molecule has 0 aliphatic carbocycles. The second-order valence-electron chi connectivity index (χ2n) is 3.69. The molecule has 0 aromatic heterocycles. The number of aliphatic hydroxyl groups excluding tert-OH is 2. The van der Waals surface area contributed by atoms with Crippen LogP contribution in [0, 0.1) is 0 Å². The molecule has 0 fully saturated rings. The molecule has 1 unspecified atom stereocenters. The highest BCUT2D eigenvalue weighted by Crippen LogP contribution is 2.15. The van der Waals surface area contributed by atoms with Gasteiger partial charge in [0, 0.05) is 24.1 Å². The third kappa shape index (κ3) is 6.41. The van der Waals surface area contributed by atoms with Gasteiger partial charge in [-0.1, -0.05) is 6.07 Å². The van der Waals surface area contributed by atoms with E-state index in [-0.39, 0.29) is 13.2 Å². The van der Waals surface area contributed by atoms with Crippen LogP contribution in [-0.4, -0.2) is 41.0 Å². The minimum absolute atomic E-state index is 0.197. The van der Waals surface area contributed by atoms with Crippen LogP contribution in [-0.2, 0) is 0 Å². The summed E-state index contributed by atoms with van der Waals surface area (Å²) < 4.78 is 5.41. The predicted octanol–water partition coefficient (Wildman–Crippen LogP) is 1.12. The Balaban J connectivity index is 2.17. The van der Waals surface area contributed by atoms with Gasteiger partial charge in [-0.2, -0.15) is 11.8 Å². The predicted molar refractivity (Wildman–Crippen MR) is 71.4 cm³/mol. The highest BCUT2D eigenvalue weighted by molar-refractivity contribution is 7.99. The summed E-state index contributed by atoms with van der Waals surface area (Å²) in [5.74, 6) is 2.14. The summed E-state index contributed by atoms with van der Waals surface area (Å²) in [4.78, 5) is 0. The lowest BCUT2D eigenvalue weighted by Crippen LogP contribution is -2.20. The normalized spacial score (nSPS) is 12.4. The summed E-state index contributed by atoms with van der Waals surface area (Å²) in [5, 5.41) is 18.2. The molecule has 17 heavy (non-hydrogen) atoms. The Morgan fingerprint density at radius 1 is 1.41 bits per heavy atom. The van der Waals surface area contributed by atoms with Crippen LogP contribution in [0.2, 0.25) is 0 Å². The van der Waals surface area contributed by atoms with Crippen LogP contribution in [0.1, 0.15) is 6.42 Å². The Bertz CT molecular complexity index is 322. The SMILES string of the molecule is Nc1cccc(OCC(O)CSCCCO)c1. The van der Waals surface area contributed by atoms with Crippen molar-refractivity contribution in [3.05, 3.63) is 24.3 Å². The summed E-state index contributed by atoms with van der Waals surface area (Å²) in [5.41, 5.74) is 6.26. The number of rotatable bonds is 8. The van der Waals surface area contributed by atoms with Crippen molar-refractivity contribution in [3.63, 3.8) is 0 Å². The molecule has 0 spiro atoms. The number of ether oxygens (including phenoxy) is 1. The van der Waals surface area contributed by atoms with Gasteiger partial charge in [-0.15, -0.1) is 0 Å². The Kier molecular flexibility index (Phi) is 6.84. The highest BCUT2D eigenvalue weighted by atomic mass is 32.2. The fourth-order valence-corrected chi connectivity index (χ4v) is 2.10. The topological polar surface area (TPSA) is 75.7 Å². The highest BCUT2D eigenvalue weighted by Gasteiger charge is 2.05. The van der Waals surface area contributed by atoms with Crippen LogP contribution >= 0.6 is 11.8 Å². The van der Waals surface area contributed by atoms with Crippen molar-refractivity contribution in [3.8, 4) is 5.75 Å². The van der Waals surface area contributed by atoms with E-state index in [2.05, 4.69) is 0 Å². The maximum Gasteiger partial charge on any atom is 0.121 e. The van der Waals surface area contributed by atoms with Crippen LogP contribution in [0.25, 0.3) is 0 Å². The van der Waals surface area contributed by atoms with Gasteiger partial charge in [0.25, 0.3) is 0 Å². The molecule has 0 bridgehead atoms. The molecule has 5 heteroatoms. The molecule has 0 saturated heterocycles. The Labute approximate surface area is 106 Å². The van der Waals surface area contributed by atoms with Gasteiger partial charge in [0.1, 0.15) is 12.4 Å². The first-order valence-corrected chi connectivity index (χ1v) is 6.73. The second kappa shape index (κ2) is 8.22. The number of benzene rings is 1.